The molecule has 0 saturated carbocycles. The highest BCUT2D eigenvalue weighted by atomic mass is 79.9. The predicted molar refractivity (Wildman–Crippen MR) is 60.6 cm³/mol. The molecular formula is C11H11BrN2. The van der Waals surface area contributed by atoms with Crippen LogP contribution in [0.2, 0.25) is 0 Å². The first-order valence-electron chi connectivity index (χ1n) is 4.60. The average molecular weight is 251 g/mol. The van der Waals surface area contributed by atoms with E-state index in [0.29, 0.717) is 0 Å². The van der Waals surface area contributed by atoms with Crippen molar-refractivity contribution >= 4 is 15.9 Å². The second-order valence-electron chi connectivity index (χ2n) is 3.02. The summed E-state index contributed by atoms with van der Waals surface area (Å²) in [5.41, 5.74) is 1.14. The van der Waals surface area contributed by atoms with Gasteiger partial charge in [-0.1, -0.05) is 19.1 Å². The number of aromatic nitrogens is 2. The molecule has 0 bridgehead atoms. The lowest BCUT2D eigenvalue weighted by molar-refractivity contribution is 0.888. The Morgan fingerprint density at radius 3 is 2.86 bits per heavy atom. The van der Waals surface area contributed by atoms with E-state index in [1.807, 2.05) is 30.6 Å². The van der Waals surface area contributed by atoms with E-state index in [1.165, 1.54) is 0 Å². The third-order valence-electron chi connectivity index (χ3n) is 2.15. The van der Waals surface area contributed by atoms with Gasteiger partial charge in [-0.15, -0.1) is 0 Å². The fourth-order valence-electron chi connectivity index (χ4n) is 1.46. The van der Waals surface area contributed by atoms with E-state index in [1.54, 1.807) is 0 Å². The maximum Gasteiger partial charge on any atom is 0.112 e. The van der Waals surface area contributed by atoms with Crippen LogP contribution in [0.25, 0.3) is 5.69 Å². The molecule has 1 heterocycles. The van der Waals surface area contributed by atoms with Gasteiger partial charge < -0.3 is 4.57 Å². The number of hydrogen-bond donors (Lipinski definition) is 0. The van der Waals surface area contributed by atoms with Crippen LogP contribution in [-0.4, -0.2) is 9.55 Å². The second-order valence-corrected chi connectivity index (χ2v) is 3.87. The zero-order valence-corrected chi connectivity index (χ0v) is 9.53. The molecule has 0 spiro atoms. The molecule has 0 aliphatic carbocycles. The number of halogens is 1. The largest absolute Gasteiger partial charge is 0.303 e. The summed E-state index contributed by atoms with van der Waals surface area (Å²) in [4.78, 5) is 4.29. The Balaban J connectivity index is 2.54. The predicted octanol–water partition coefficient (Wildman–Crippen LogP) is 3.20. The molecule has 1 aromatic heterocycles. The van der Waals surface area contributed by atoms with Gasteiger partial charge >= 0.3 is 0 Å². The maximum absolute atomic E-state index is 4.29. The van der Waals surface area contributed by atoms with E-state index in [9.17, 15) is 0 Å². The Bertz CT molecular complexity index is 434. The molecule has 14 heavy (non-hydrogen) atoms. The molecule has 0 amide bonds. The highest BCUT2D eigenvalue weighted by molar-refractivity contribution is 9.10. The first-order valence-corrected chi connectivity index (χ1v) is 5.39. The fourth-order valence-corrected chi connectivity index (χ4v) is 1.94. The van der Waals surface area contributed by atoms with E-state index in [-0.39, 0.29) is 0 Å². The lowest BCUT2D eigenvalue weighted by atomic mass is 10.3. The molecule has 3 heteroatoms. The molecule has 0 N–H and O–H groups in total. The fraction of sp³-hybridized carbons (Fsp3) is 0.182. The molecular weight excluding hydrogens is 240 g/mol. The summed E-state index contributed by atoms with van der Waals surface area (Å²) in [6.45, 7) is 2.11. The lowest BCUT2D eigenvalue weighted by Gasteiger charge is -2.07. The van der Waals surface area contributed by atoms with Gasteiger partial charge in [-0.2, -0.15) is 0 Å². The van der Waals surface area contributed by atoms with Crippen LogP contribution >= 0.6 is 15.9 Å². The second kappa shape index (κ2) is 3.96. The van der Waals surface area contributed by atoms with Crippen molar-refractivity contribution in [3.63, 3.8) is 0 Å². The molecule has 0 fully saturated rings. The topological polar surface area (TPSA) is 17.8 Å². The van der Waals surface area contributed by atoms with Crippen LogP contribution in [0.3, 0.4) is 0 Å². The van der Waals surface area contributed by atoms with E-state index in [2.05, 4.69) is 38.5 Å². The molecule has 0 radical (unpaired) electrons. The monoisotopic (exact) mass is 250 g/mol. The molecule has 0 aliphatic rings. The van der Waals surface area contributed by atoms with Crippen molar-refractivity contribution in [2.75, 3.05) is 0 Å². The lowest BCUT2D eigenvalue weighted by Crippen LogP contribution is -1.99. The third-order valence-corrected chi connectivity index (χ3v) is 2.82. The first-order chi connectivity index (χ1) is 6.83. The van der Waals surface area contributed by atoms with Crippen LogP contribution < -0.4 is 0 Å². The quantitative estimate of drug-likeness (QED) is 0.801. The van der Waals surface area contributed by atoms with E-state index in [0.717, 1.165) is 22.4 Å². The average Bonchev–Trinajstić information content (AvgIpc) is 2.66. The first kappa shape index (κ1) is 9.46. The number of imidazole rings is 1. The normalized spacial score (nSPS) is 10.4. The minimum atomic E-state index is 0.939. The zero-order valence-electron chi connectivity index (χ0n) is 7.94. The van der Waals surface area contributed by atoms with Gasteiger partial charge in [-0.05, 0) is 28.1 Å². The van der Waals surface area contributed by atoms with Crippen molar-refractivity contribution in [3.05, 3.63) is 47.0 Å². The maximum atomic E-state index is 4.29. The molecule has 0 saturated heterocycles. The molecule has 72 valence electrons. The molecule has 2 aromatic rings. The number of hydrogen-bond acceptors (Lipinski definition) is 1. The van der Waals surface area contributed by atoms with E-state index in [4.69, 9.17) is 0 Å². The highest BCUT2D eigenvalue weighted by Crippen LogP contribution is 2.21. The summed E-state index contributed by atoms with van der Waals surface area (Å²) in [6, 6.07) is 8.15. The van der Waals surface area contributed by atoms with Crippen LogP contribution in [0, 0.1) is 0 Å². The number of rotatable bonds is 2. The minimum absolute atomic E-state index is 0.939. The summed E-state index contributed by atoms with van der Waals surface area (Å²) in [7, 11) is 0. The van der Waals surface area contributed by atoms with Crippen LogP contribution in [0.1, 0.15) is 12.7 Å². The van der Waals surface area contributed by atoms with Crippen LogP contribution in [0.5, 0.6) is 0 Å². The zero-order chi connectivity index (χ0) is 9.97. The van der Waals surface area contributed by atoms with Crippen molar-refractivity contribution < 1.29 is 0 Å². The Hall–Kier alpha value is -1.09. The van der Waals surface area contributed by atoms with Gasteiger partial charge in [0.15, 0.2) is 0 Å². The van der Waals surface area contributed by atoms with Gasteiger partial charge in [0.05, 0.1) is 5.69 Å². The van der Waals surface area contributed by atoms with Gasteiger partial charge in [0.2, 0.25) is 0 Å². The summed E-state index contributed by atoms with van der Waals surface area (Å²) in [6.07, 6.45) is 4.76. The molecule has 0 aliphatic heterocycles. The summed E-state index contributed by atoms with van der Waals surface area (Å²) in [5.74, 6) is 1.08. The Morgan fingerprint density at radius 1 is 1.36 bits per heavy atom. The number of para-hydroxylation sites is 1. The Kier molecular flexibility index (Phi) is 2.68. The van der Waals surface area contributed by atoms with Gasteiger partial charge in [0.1, 0.15) is 5.82 Å². The molecule has 0 atom stereocenters. The number of benzene rings is 1. The Labute approximate surface area is 91.7 Å². The van der Waals surface area contributed by atoms with E-state index < -0.39 is 0 Å². The summed E-state index contributed by atoms with van der Waals surface area (Å²) in [5, 5.41) is 0. The molecule has 1 aromatic carbocycles. The molecule has 2 nitrogen and oxygen atoms in total. The SMILES string of the molecule is CCc1nccn1-c1ccccc1Br. The van der Waals surface area contributed by atoms with E-state index >= 15 is 0 Å². The molecule has 2 rings (SSSR count). The van der Waals surface area contributed by atoms with Crippen molar-refractivity contribution in [1.82, 2.24) is 9.55 Å². The smallest absolute Gasteiger partial charge is 0.112 e. The van der Waals surface area contributed by atoms with Crippen LogP contribution in [-0.2, 0) is 6.42 Å². The van der Waals surface area contributed by atoms with Gasteiger partial charge in [-0.25, -0.2) is 4.98 Å². The summed E-state index contributed by atoms with van der Waals surface area (Å²) < 4.78 is 3.19. The van der Waals surface area contributed by atoms with Gasteiger partial charge in [0.25, 0.3) is 0 Å². The molecule has 0 unspecified atom stereocenters. The third kappa shape index (κ3) is 1.60. The van der Waals surface area contributed by atoms with Gasteiger partial charge in [-0.3, -0.25) is 0 Å². The highest BCUT2D eigenvalue weighted by Gasteiger charge is 2.04. The van der Waals surface area contributed by atoms with Crippen molar-refractivity contribution in [3.8, 4) is 5.69 Å². The van der Waals surface area contributed by atoms with Crippen LogP contribution in [0.4, 0.5) is 0 Å². The van der Waals surface area contributed by atoms with Crippen LogP contribution in [0.15, 0.2) is 41.1 Å². The van der Waals surface area contributed by atoms with Crippen molar-refractivity contribution in [2.24, 2.45) is 0 Å². The minimum Gasteiger partial charge on any atom is -0.303 e. The van der Waals surface area contributed by atoms with Gasteiger partial charge in [0, 0.05) is 23.3 Å². The van der Waals surface area contributed by atoms with Crippen molar-refractivity contribution in [2.45, 2.75) is 13.3 Å². The standard InChI is InChI=1S/C11H11BrN2/c1-2-11-13-7-8-14(11)10-6-4-3-5-9(10)12/h3-8H,2H2,1H3. The number of nitrogens with zero attached hydrogens (tertiary/aromatic N) is 2. The summed E-state index contributed by atoms with van der Waals surface area (Å²) >= 11 is 3.53. The van der Waals surface area contributed by atoms with Crippen molar-refractivity contribution in [1.29, 1.82) is 0 Å². The Morgan fingerprint density at radius 2 is 2.14 bits per heavy atom. The number of aryl methyl sites for hydroxylation is 1.